The Labute approximate surface area is 80.1 Å². The summed E-state index contributed by atoms with van der Waals surface area (Å²) >= 11 is 0. The van der Waals surface area contributed by atoms with Crippen LogP contribution in [0.4, 0.5) is 0 Å². The molecule has 0 saturated heterocycles. The lowest BCUT2D eigenvalue weighted by molar-refractivity contribution is -0.122. The Morgan fingerprint density at radius 3 is 2.54 bits per heavy atom. The van der Waals surface area contributed by atoms with Crippen molar-refractivity contribution < 1.29 is 4.79 Å². The number of hydrogen-bond acceptors (Lipinski definition) is 2. The number of nitrogens with one attached hydrogen (secondary N) is 1. The molecule has 0 aromatic rings. The molecule has 0 aliphatic heterocycles. The highest BCUT2D eigenvalue weighted by Crippen LogP contribution is 2.03. The minimum Gasteiger partial charge on any atom is -0.342 e. The van der Waals surface area contributed by atoms with Crippen molar-refractivity contribution in [3.63, 3.8) is 0 Å². The van der Waals surface area contributed by atoms with Crippen LogP contribution in [0.15, 0.2) is 0 Å². The van der Waals surface area contributed by atoms with Gasteiger partial charge >= 0.3 is 0 Å². The second-order valence-corrected chi connectivity index (χ2v) is 3.86. The van der Waals surface area contributed by atoms with Crippen LogP contribution in [0.2, 0.25) is 0 Å². The smallest absolute Gasteiger partial charge is 0.222 e. The van der Waals surface area contributed by atoms with Crippen molar-refractivity contribution in [2.75, 3.05) is 0 Å². The van der Waals surface area contributed by atoms with E-state index in [0.717, 1.165) is 6.42 Å². The van der Waals surface area contributed by atoms with Gasteiger partial charge in [-0.25, -0.2) is 0 Å². The van der Waals surface area contributed by atoms with Crippen LogP contribution in [0.1, 0.15) is 33.6 Å². The molecule has 1 amide bonds. The maximum Gasteiger partial charge on any atom is 0.222 e. The van der Waals surface area contributed by atoms with Gasteiger partial charge in [0.25, 0.3) is 0 Å². The molecule has 3 heteroatoms. The summed E-state index contributed by atoms with van der Waals surface area (Å²) in [7, 11) is 0. The van der Waals surface area contributed by atoms with Gasteiger partial charge in [0.2, 0.25) is 5.91 Å². The number of terminal acetylenes is 1. The van der Waals surface area contributed by atoms with Crippen molar-refractivity contribution in [2.24, 2.45) is 5.73 Å². The molecule has 0 aliphatic carbocycles. The van der Waals surface area contributed by atoms with E-state index in [1.54, 1.807) is 0 Å². The summed E-state index contributed by atoms with van der Waals surface area (Å²) in [6.07, 6.45) is 6.24. The van der Waals surface area contributed by atoms with E-state index in [1.807, 2.05) is 20.8 Å². The molecule has 3 N–H and O–H groups in total. The zero-order valence-electron chi connectivity index (χ0n) is 8.55. The first-order valence-electron chi connectivity index (χ1n) is 4.43. The average molecular weight is 182 g/mol. The third-order valence-corrected chi connectivity index (χ3v) is 1.56. The number of amides is 1. The Bertz CT molecular complexity index is 210. The normalized spacial score (nSPS) is 13.2. The SMILES string of the molecule is C#CC(CC)NC(=O)CC(C)(C)N. The summed E-state index contributed by atoms with van der Waals surface area (Å²) in [4.78, 5) is 11.3. The second-order valence-electron chi connectivity index (χ2n) is 3.86. The number of nitrogens with two attached hydrogens (primary N) is 1. The van der Waals surface area contributed by atoms with E-state index in [0.29, 0.717) is 6.42 Å². The molecule has 13 heavy (non-hydrogen) atoms. The highest BCUT2D eigenvalue weighted by molar-refractivity contribution is 5.77. The van der Waals surface area contributed by atoms with E-state index in [1.165, 1.54) is 0 Å². The molecular formula is C10H18N2O. The zero-order chi connectivity index (χ0) is 10.5. The van der Waals surface area contributed by atoms with Crippen molar-refractivity contribution in [3.8, 4) is 12.3 Å². The van der Waals surface area contributed by atoms with Crippen LogP contribution in [0.5, 0.6) is 0 Å². The minimum absolute atomic E-state index is 0.0858. The van der Waals surface area contributed by atoms with Gasteiger partial charge < -0.3 is 11.1 Å². The second kappa shape index (κ2) is 4.88. The summed E-state index contributed by atoms with van der Waals surface area (Å²) in [6, 6.07) is -0.171. The third kappa shape index (κ3) is 6.18. The molecule has 0 aliphatic rings. The van der Waals surface area contributed by atoms with E-state index in [2.05, 4.69) is 11.2 Å². The fourth-order valence-corrected chi connectivity index (χ4v) is 0.921. The Kier molecular flexibility index (Phi) is 4.50. The fourth-order valence-electron chi connectivity index (χ4n) is 0.921. The van der Waals surface area contributed by atoms with Crippen LogP contribution in [0, 0.1) is 12.3 Å². The first-order valence-corrected chi connectivity index (χ1v) is 4.43. The summed E-state index contributed by atoms with van der Waals surface area (Å²) in [5, 5.41) is 2.72. The first-order chi connectivity index (χ1) is 5.89. The Morgan fingerprint density at radius 2 is 2.23 bits per heavy atom. The number of hydrogen-bond donors (Lipinski definition) is 2. The van der Waals surface area contributed by atoms with E-state index in [9.17, 15) is 4.79 Å². The number of carbonyl (C=O) groups is 1. The maximum absolute atomic E-state index is 11.3. The van der Waals surface area contributed by atoms with Crippen molar-refractivity contribution in [2.45, 2.75) is 45.2 Å². The minimum atomic E-state index is -0.475. The highest BCUT2D eigenvalue weighted by atomic mass is 16.1. The van der Waals surface area contributed by atoms with Gasteiger partial charge in [-0.2, -0.15) is 0 Å². The van der Waals surface area contributed by atoms with E-state index in [-0.39, 0.29) is 11.9 Å². The summed E-state index contributed by atoms with van der Waals surface area (Å²) in [5.74, 6) is 2.41. The van der Waals surface area contributed by atoms with Gasteiger partial charge in [-0.3, -0.25) is 4.79 Å². The number of rotatable bonds is 4. The van der Waals surface area contributed by atoms with Crippen LogP contribution in [-0.2, 0) is 4.79 Å². The highest BCUT2D eigenvalue weighted by Gasteiger charge is 2.17. The number of carbonyl (C=O) groups excluding carboxylic acids is 1. The summed E-state index contributed by atoms with van der Waals surface area (Å²) < 4.78 is 0. The molecule has 1 unspecified atom stereocenters. The third-order valence-electron chi connectivity index (χ3n) is 1.56. The van der Waals surface area contributed by atoms with Crippen molar-refractivity contribution in [1.82, 2.24) is 5.32 Å². The van der Waals surface area contributed by atoms with Gasteiger partial charge in [-0.1, -0.05) is 12.8 Å². The molecule has 0 rings (SSSR count). The standard InChI is InChI=1S/C10H18N2O/c1-5-8(6-2)12-9(13)7-10(3,4)11/h1,8H,6-7,11H2,2-4H3,(H,12,13). The Morgan fingerprint density at radius 1 is 1.69 bits per heavy atom. The molecule has 0 radical (unpaired) electrons. The van der Waals surface area contributed by atoms with Gasteiger partial charge in [-0.05, 0) is 20.3 Å². The molecule has 0 bridgehead atoms. The lowest BCUT2D eigenvalue weighted by atomic mass is 10.0. The molecular weight excluding hydrogens is 164 g/mol. The monoisotopic (exact) mass is 182 g/mol. The first kappa shape index (κ1) is 12.0. The van der Waals surface area contributed by atoms with Gasteiger partial charge in [0.05, 0.1) is 6.04 Å². The van der Waals surface area contributed by atoms with Gasteiger partial charge in [0.15, 0.2) is 0 Å². The molecule has 0 heterocycles. The van der Waals surface area contributed by atoms with Crippen LogP contribution in [-0.4, -0.2) is 17.5 Å². The molecule has 1 atom stereocenters. The van der Waals surface area contributed by atoms with Crippen molar-refractivity contribution >= 4 is 5.91 Å². The van der Waals surface area contributed by atoms with Crippen LogP contribution in [0.25, 0.3) is 0 Å². The Hall–Kier alpha value is -1.01. The molecule has 3 nitrogen and oxygen atoms in total. The van der Waals surface area contributed by atoms with Crippen LogP contribution >= 0.6 is 0 Å². The zero-order valence-corrected chi connectivity index (χ0v) is 8.55. The lowest BCUT2D eigenvalue weighted by Crippen LogP contribution is -2.42. The van der Waals surface area contributed by atoms with Crippen molar-refractivity contribution in [3.05, 3.63) is 0 Å². The predicted molar refractivity (Wildman–Crippen MR) is 53.9 cm³/mol. The molecule has 0 spiro atoms. The molecule has 0 aromatic carbocycles. The quantitative estimate of drug-likeness (QED) is 0.627. The van der Waals surface area contributed by atoms with Crippen LogP contribution in [0.3, 0.4) is 0 Å². The summed E-state index contributed by atoms with van der Waals surface area (Å²) in [6.45, 7) is 5.55. The van der Waals surface area contributed by atoms with Crippen LogP contribution < -0.4 is 11.1 Å². The Balaban J connectivity index is 3.96. The summed E-state index contributed by atoms with van der Waals surface area (Å²) in [5.41, 5.74) is 5.21. The van der Waals surface area contributed by atoms with E-state index in [4.69, 9.17) is 12.2 Å². The van der Waals surface area contributed by atoms with E-state index >= 15 is 0 Å². The maximum atomic E-state index is 11.3. The lowest BCUT2D eigenvalue weighted by Gasteiger charge is -2.19. The average Bonchev–Trinajstić information content (AvgIpc) is 1.96. The fraction of sp³-hybridized carbons (Fsp3) is 0.700. The van der Waals surface area contributed by atoms with Gasteiger partial charge in [-0.15, -0.1) is 6.42 Å². The predicted octanol–water partition coefficient (Wildman–Crippen LogP) is 0.642. The van der Waals surface area contributed by atoms with Gasteiger partial charge in [0.1, 0.15) is 0 Å². The van der Waals surface area contributed by atoms with Crippen molar-refractivity contribution in [1.29, 1.82) is 0 Å². The topological polar surface area (TPSA) is 55.1 Å². The molecule has 0 aromatic heterocycles. The van der Waals surface area contributed by atoms with Gasteiger partial charge in [0, 0.05) is 12.0 Å². The molecule has 0 saturated carbocycles. The molecule has 74 valence electrons. The molecule has 0 fully saturated rings. The largest absolute Gasteiger partial charge is 0.342 e. The van der Waals surface area contributed by atoms with E-state index < -0.39 is 5.54 Å².